The summed E-state index contributed by atoms with van der Waals surface area (Å²) in [6.45, 7) is 26.1. The Morgan fingerprint density at radius 3 is 1.85 bits per heavy atom. The molecule has 5 atom stereocenters. The van der Waals surface area contributed by atoms with Gasteiger partial charge in [-0.3, -0.25) is 0 Å². The molecule has 3 unspecified atom stereocenters. The Morgan fingerprint density at radius 1 is 0.846 bits per heavy atom. The molecule has 0 rings (SSSR count). The largest absolute Gasteiger partial charge is 0.310 e. The molecule has 1 nitrogen and oxygen atoms in total. The average Bonchev–Trinajstić information content (AvgIpc) is 2.52. The van der Waals surface area contributed by atoms with E-state index >= 15 is 0 Å². The third-order valence-corrected chi connectivity index (χ3v) is 6.25. The molecule has 0 aromatic rings. The summed E-state index contributed by atoms with van der Waals surface area (Å²) in [6, 6.07) is 1.14. The number of rotatable bonds is 12. The van der Waals surface area contributed by atoms with Gasteiger partial charge in [-0.1, -0.05) is 81.4 Å². The fraction of sp³-hybridized carbons (Fsp3) is 0.920. The van der Waals surface area contributed by atoms with E-state index < -0.39 is 0 Å². The fourth-order valence-electron chi connectivity index (χ4n) is 4.13. The number of nitrogens with one attached hydrogen (secondary N) is 1. The molecule has 1 heteroatoms. The molecule has 1 N–H and O–H groups in total. The first kappa shape index (κ1) is 25.7. The van der Waals surface area contributed by atoms with E-state index in [4.69, 9.17) is 0 Å². The van der Waals surface area contributed by atoms with Crippen molar-refractivity contribution in [2.45, 2.75) is 114 Å². The topological polar surface area (TPSA) is 12.0 Å². The van der Waals surface area contributed by atoms with Crippen molar-refractivity contribution in [1.82, 2.24) is 5.32 Å². The van der Waals surface area contributed by atoms with Crippen molar-refractivity contribution in [1.29, 1.82) is 0 Å². The van der Waals surface area contributed by atoms with Crippen LogP contribution in [0.2, 0.25) is 0 Å². The van der Waals surface area contributed by atoms with Gasteiger partial charge in [0.05, 0.1) is 0 Å². The summed E-state index contributed by atoms with van der Waals surface area (Å²) in [7, 11) is 0. The summed E-state index contributed by atoms with van der Waals surface area (Å²) < 4.78 is 0. The Kier molecular flexibility index (Phi) is 12.1. The van der Waals surface area contributed by atoms with Crippen LogP contribution >= 0.6 is 0 Å². The van der Waals surface area contributed by atoms with E-state index in [1.54, 1.807) is 0 Å². The van der Waals surface area contributed by atoms with Gasteiger partial charge in [0, 0.05) is 12.1 Å². The van der Waals surface area contributed by atoms with Gasteiger partial charge < -0.3 is 5.32 Å². The standard InChI is InChI=1S/C25H51N/c1-12-13-14-20(6)15-16-23(17-21(7)18(2)3)22(8)26-24(19(4)5)25(9,10)11/h13-14,18-24,26H,12,15-17H2,1-11H3/b14-13-/t20?,21-,22?,23?,24+/m0/s1. The fourth-order valence-corrected chi connectivity index (χ4v) is 4.13. The molecule has 0 amide bonds. The van der Waals surface area contributed by atoms with Gasteiger partial charge in [0.1, 0.15) is 0 Å². The molecule has 156 valence electrons. The lowest BCUT2D eigenvalue weighted by molar-refractivity contribution is 0.160. The van der Waals surface area contributed by atoms with Gasteiger partial charge in [-0.2, -0.15) is 0 Å². The molecular formula is C25H51N. The lowest BCUT2D eigenvalue weighted by Crippen LogP contribution is -2.50. The van der Waals surface area contributed by atoms with Crippen LogP contribution < -0.4 is 5.32 Å². The summed E-state index contributed by atoms with van der Waals surface area (Å²) in [4.78, 5) is 0. The van der Waals surface area contributed by atoms with E-state index in [9.17, 15) is 0 Å². The zero-order valence-electron chi connectivity index (χ0n) is 20.0. The van der Waals surface area contributed by atoms with Crippen LogP contribution in [0.15, 0.2) is 12.2 Å². The quantitative estimate of drug-likeness (QED) is 0.349. The highest BCUT2D eigenvalue weighted by atomic mass is 15.0. The SMILES string of the molecule is CC/C=C\C(C)CCC(C[C@H](C)C(C)C)C(C)N[C@H](C(C)C)C(C)(C)C. The van der Waals surface area contributed by atoms with Gasteiger partial charge in [0.15, 0.2) is 0 Å². The van der Waals surface area contributed by atoms with Crippen LogP contribution in [0, 0.1) is 35.0 Å². The summed E-state index contributed by atoms with van der Waals surface area (Å²) in [5, 5.41) is 4.05. The van der Waals surface area contributed by atoms with Crippen molar-refractivity contribution in [3.05, 3.63) is 12.2 Å². The molecule has 0 bridgehead atoms. The average molecular weight is 366 g/mol. The lowest BCUT2D eigenvalue weighted by Gasteiger charge is -2.40. The van der Waals surface area contributed by atoms with Crippen LogP contribution in [-0.4, -0.2) is 12.1 Å². The molecule has 0 spiro atoms. The summed E-state index contributed by atoms with van der Waals surface area (Å²) >= 11 is 0. The minimum atomic E-state index is 0.299. The maximum atomic E-state index is 4.05. The van der Waals surface area contributed by atoms with Crippen molar-refractivity contribution in [3.63, 3.8) is 0 Å². The van der Waals surface area contributed by atoms with Crippen LogP contribution in [0.25, 0.3) is 0 Å². The van der Waals surface area contributed by atoms with Crippen molar-refractivity contribution in [2.75, 3.05) is 0 Å². The van der Waals surface area contributed by atoms with Crippen molar-refractivity contribution in [3.8, 4) is 0 Å². The van der Waals surface area contributed by atoms with Gasteiger partial charge in [0.2, 0.25) is 0 Å². The predicted molar refractivity (Wildman–Crippen MR) is 121 cm³/mol. The number of hydrogen-bond acceptors (Lipinski definition) is 1. The first-order chi connectivity index (χ1) is 11.9. The first-order valence-corrected chi connectivity index (χ1v) is 11.3. The Hall–Kier alpha value is -0.300. The molecule has 0 aromatic heterocycles. The molecule has 0 radical (unpaired) electrons. The molecule has 26 heavy (non-hydrogen) atoms. The summed E-state index contributed by atoms with van der Waals surface area (Å²) in [5.74, 6) is 3.67. The molecule has 0 saturated heterocycles. The Labute approximate surface area is 166 Å². The second-order valence-corrected chi connectivity index (χ2v) is 10.7. The molecule has 0 aromatic carbocycles. The first-order valence-electron chi connectivity index (χ1n) is 11.3. The van der Waals surface area contributed by atoms with Gasteiger partial charge in [0.25, 0.3) is 0 Å². The van der Waals surface area contributed by atoms with Crippen LogP contribution in [0.1, 0.15) is 102 Å². The van der Waals surface area contributed by atoms with Crippen LogP contribution in [-0.2, 0) is 0 Å². The van der Waals surface area contributed by atoms with E-state index in [1.807, 2.05) is 0 Å². The van der Waals surface area contributed by atoms with E-state index in [1.165, 1.54) is 19.3 Å². The van der Waals surface area contributed by atoms with E-state index in [-0.39, 0.29) is 0 Å². The molecule has 0 aliphatic carbocycles. The molecule has 0 aliphatic rings. The molecule has 0 aliphatic heterocycles. The van der Waals surface area contributed by atoms with Crippen molar-refractivity contribution < 1.29 is 0 Å². The van der Waals surface area contributed by atoms with Crippen molar-refractivity contribution >= 4 is 0 Å². The van der Waals surface area contributed by atoms with Gasteiger partial charge in [-0.05, 0) is 67.6 Å². The van der Waals surface area contributed by atoms with Gasteiger partial charge in [-0.15, -0.1) is 0 Å². The highest BCUT2D eigenvalue weighted by Gasteiger charge is 2.31. The minimum Gasteiger partial charge on any atom is -0.310 e. The Balaban J connectivity index is 5.08. The predicted octanol–water partition coefficient (Wildman–Crippen LogP) is 7.72. The molecule has 0 fully saturated rings. The number of hydrogen-bond donors (Lipinski definition) is 1. The molecular weight excluding hydrogens is 314 g/mol. The normalized spacial score (nSPS) is 19.1. The third kappa shape index (κ3) is 10.1. The number of allylic oxidation sites excluding steroid dienone is 2. The van der Waals surface area contributed by atoms with Gasteiger partial charge in [-0.25, -0.2) is 0 Å². The maximum absolute atomic E-state index is 4.05. The van der Waals surface area contributed by atoms with Crippen LogP contribution in [0.3, 0.4) is 0 Å². The Morgan fingerprint density at radius 2 is 1.42 bits per heavy atom. The Bertz CT molecular complexity index is 374. The lowest BCUT2D eigenvalue weighted by atomic mass is 9.77. The highest BCUT2D eigenvalue weighted by Crippen LogP contribution is 2.30. The summed E-state index contributed by atoms with van der Waals surface area (Å²) in [5.41, 5.74) is 0.299. The second-order valence-electron chi connectivity index (χ2n) is 10.7. The third-order valence-electron chi connectivity index (χ3n) is 6.25. The monoisotopic (exact) mass is 365 g/mol. The molecule has 0 heterocycles. The van der Waals surface area contributed by atoms with Gasteiger partial charge >= 0.3 is 0 Å². The minimum absolute atomic E-state index is 0.299. The zero-order valence-corrected chi connectivity index (χ0v) is 20.0. The van der Waals surface area contributed by atoms with Crippen molar-refractivity contribution in [2.24, 2.45) is 35.0 Å². The molecule has 0 saturated carbocycles. The zero-order chi connectivity index (χ0) is 20.5. The second kappa shape index (κ2) is 12.2. The van der Waals surface area contributed by atoms with Crippen LogP contribution in [0.5, 0.6) is 0 Å². The van der Waals surface area contributed by atoms with E-state index in [2.05, 4.69) is 93.6 Å². The van der Waals surface area contributed by atoms with Crippen LogP contribution in [0.4, 0.5) is 0 Å². The van der Waals surface area contributed by atoms with E-state index in [0.717, 1.165) is 24.2 Å². The van der Waals surface area contributed by atoms with E-state index in [0.29, 0.717) is 29.3 Å². The highest BCUT2D eigenvalue weighted by molar-refractivity contribution is 4.89. The smallest absolute Gasteiger partial charge is 0.0141 e. The summed E-state index contributed by atoms with van der Waals surface area (Å²) in [6.07, 6.45) is 9.86. The maximum Gasteiger partial charge on any atom is 0.0141 e.